The number of hydrogen-bond donors (Lipinski definition) is 2. The Morgan fingerprint density at radius 2 is 1.86 bits per heavy atom. The molecule has 0 saturated heterocycles. The number of fused-ring (bicyclic) bond motifs is 1. The average Bonchev–Trinajstić information content (AvgIpc) is 3.17. The number of benzene rings is 3. The monoisotopic (exact) mass is 512 g/mol. The lowest BCUT2D eigenvalue weighted by atomic mass is 10.1. The SMILES string of the molecule is COc1ccc(NC(C)=O)c(-c2ccc(-n3c(=N)n(Cc4ccccc4Cl)c4cccc(C)c43)nn2)c1. The van der Waals surface area contributed by atoms with Gasteiger partial charge in [-0.1, -0.05) is 41.9 Å². The largest absolute Gasteiger partial charge is 0.497 e. The van der Waals surface area contributed by atoms with E-state index < -0.39 is 0 Å². The first-order valence-corrected chi connectivity index (χ1v) is 12.0. The van der Waals surface area contributed by atoms with Crippen LogP contribution in [0, 0.1) is 12.3 Å². The van der Waals surface area contributed by atoms with Crippen molar-refractivity contribution in [2.75, 3.05) is 12.4 Å². The maximum atomic E-state index is 11.7. The number of para-hydroxylation sites is 1. The Balaban J connectivity index is 1.63. The third kappa shape index (κ3) is 4.59. The van der Waals surface area contributed by atoms with Gasteiger partial charge in [0, 0.05) is 17.5 Å². The summed E-state index contributed by atoms with van der Waals surface area (Å²) in [5, 5.41) is 21.5. The van der Waals surface area contributed by atoms with Gasteiger partial charge in [-0.25, -0.2) is 0 Å². The summed E-state index contributed by atoms with van der Waals surface area (Å²) in [6.07, 6.45) is 0. The number of carbonyl (C=O) groups excluding carboxylic acids is 1. The minimum Gasteiger partial charge on any atom is -0.497 e. The minimum atomic E-state index is -0.188. The fourth-order valence-electron chi connectivity index (χ4n) is 4.42. The van der Waals surface area contributed by atoms with Gasteiger partial charge < -0.3 is 14.6 Å². The smallest absolute Gasteiger partial charge is 0.221 e. The minimum absolute atomic E-state index is 0.188. The molecule has 37 heavy (non-hydrogen) atoms. The third-order valence-electron chi connectivity index (χ3n) is 6.18. The van der Waals surface area contributed by atoms with E-state index in [4.69, 9.17) is 21.7 Å². The maximum absolute atomic E-state index is 11.7. The van der Waals surface area contributed by atoms with E-state index in [2.05, 4.69) is 15.5 Å². The number of anilines is 1. The van der Waals surface area contributed by atoms with Gasteiger partial charge in [-0.3, -0.25) is 14.8 Å². The average molecular weight is 513 g/mol. The van der Waals surface area contributed by atoms with Crippen LogP contribution in [-0.2, 0) is 11.3 Å². The van der Waals surface area contributed by atoms with Crippen LogP contribution in [0.2, 0.25) is 5.02 Å². The van der Waals surface area contributed by atoms with Crippen LogP contribution in [0.3, 0.4) is 0 Å². The van der Waals surface area contributed by atoms with E-state index in [0.717, 1.165) is 22.2 Å². The first-order chi connectivity index (χ1) is 17.9. The highest BCUT2D eigenvalue weighted by Gasteiger charge is 2.17. The number of nitrogens with zero attached hydrogens (tertiary/aromatic N) is 4. The zero-order valence-electron chi connectivity index (χ0n) is 20.6. The van der Waals surface area contributed by atoms with Crippen molar-refractivity contribution in [1.82, 2.24) is 19.3 Å². The highest BCUT2D eigenvalue weighted by atomic mass is 35.5. The number of methoxy groups -OCH3 is 1. The van der Waals surface area contributed by atoms with Crippen molar-refractivity contribution in [1.29, 1.82) is 5.41 Å². The normalized spacial score (nSPS) is 11.0. The highest BCUT2D eigenvalue weighted by Crippen LogP contribution is 2.31. The quantitative estimate of drug-likeness (QED) is 0.320. The van der Waals surface area contributed by atoms with Crippen LogP contribution in [0.25, 0.3) is 28.1 Å². The fourth-order valence-corrected chi connectivity index (χ4v) is 4.62. The Morgan fingerprint density at radius 3 is 2.57 bits per heavy atom. The Morgan fingerprint density at radius 1 is 1.05 bits per heavy atom. The van der Waals surface area contributed by atoms with Crippen LogP contribution < -0.4 is 15.7 Å². The van der Waals surface area contributed by atoms with Gasteiger partial charge in [-0.05, 0) is 60.5 Å². The highest BCUT2D eigenvalue weighted by molar-refractivity contribution is 6.31. The van der Waals surface area contributed by atoms with Crippen LogP contribution in [0.1, 0.15) is 18.1 Å². The van der Waals surface area contributed by atoms with Crippen LogP contribution in [0.5, 0.6) is 5.75 Å². The lowest BCUT2D eigenvalue weighted by Crippen LogP contribution is -2.25. The van der Waals surface area contributed by atoms with Crippen molar-refractivity contribution < 1.29 is 9.53 Å². The molecular weight excluding hydrogens is 488 g/mol. The van der Waals surface area contributed by atoms with E-state index in [-0.39, 0.29) is 11.5 Å². The van der Waals surface area contributed by atoms with Gasteiger partial charge in [-0.15, -0.1) is 10.2 Å². The molecule has 9 heteroatoms. The molecule has 0 bridgehead atoms. The number of amides is 1. The number of carbonyl (C=O) groups is 1. The summed E-state index contributed by atoms with van der Waals surface area (Å²) in [6.45, 7) is 3.91. The first-order valence-electron chi connectivity index (χ1n) is 11.7. The van der Waals surface area contributed by atoms with Crippen LogP contribution in [0.4, 0.5) is 5.69 Å². The molecule has 2 heterocycles. The summed E-state index contributed by atoms with van der Waals surface area (Å²) in [6, 6.07) is 22.6. The van der Waals surface area contributed by atoms with Crippen LogP contribution >= 0.6 is 11.6 Å². The molecule has 0 saturated carbocycles. The van der Waals surface area contributed by atoms with E-state index in [0.29, 0.717) is 40.1 Å². The van der Waals surface area contributed by atoms with Crippen molar-refractivity contribution >= 4 is 34.2 Å². The summed E-state index contributed by atoms with van der Waals surface area (Å²) in [7, 11) is 1.58. The molecule has 0 radical (unpaired) electrons. The summed E-state index contributed by atoms with van der Waals surface area (Å²) in [5.74, 6) is 0.957. The molecule has 0 unspecified atom stereocenters. The van der Waals surface area contributed by atoms with Crippen molar-refractivity contribution in [3.05, 3.63) is 94.6 Å². The number of imidazole rings is 1. The number of hydrogen-bond acceptors (Lipinski definition) is 5. The molecular formula is C28H25ClN6O2. The second kappa shape index (κ2) is 9.91. The fraction of sp³-hybridized carbons (Fsp3) is 0.143. The number of ether oxygens (including phenoxy) is 1. The summed E-state index contributed by atoms with van der Waals surface area (Å²) < 4.78 is 9.07. The Bertz CT molecular complexity index is 1690. The maximum Gasteiger partial charge on any atom is 0.221 e. The number of aromatic nitrogens is 4. The molecule has 2 N–H and O–H groups in total. The van der Waals surface area contributed by atoms with Gasteiger partial charge in [0.1, 0.15) is 5.75 Å². The summed E-state index contributed by atoms with van der Waals surface area (Å²) in [4.78, 5) is 11.7. The molecule has 5 rings (SSSR count). The summed E-state index contributed by atoms with van der Waals surface area (Å²) >= 11 is 6.44. The second-order valence-electron chi connectivity index (χ2n) is 8.65. The number of aryl methyl sites for hydroxylation is 1. The molecule has 2 aromatic heterocycles. The molecule has 0 aliphatic heterocycles. The lowest BCUT2D eigenvalue weighted by molar-refractivity contribution is -0.114. The van der Waals surface area contributed by atoms with Gasteiger partial charge in [0.25, 0.3) is 0 Å². The third-order valence-corrected chi connectivity index (χ3v) is 6.55. The zero-order valence-corrected chi connectivity index (χ0v) is 21.4. The predicted octanol–water partition coefficient (Wildman–Crippen LogP) is 5.35. The van der Waals surface area contributed by atoms with E-state index in [1.54, 1.807) is 29.9 Å². The van der Waals surface area contributed by atoms with Gasteiger partial charge >= 0.3 is 0 Å². The van der Waals surface area contributed by atoms with Crippen LogP contribution in [-0.4, -0.2) is 32.3 Å². The Kier molecular flexibility index (Phi) is 6.50. The molecule has 5 aromatic rings. The number of rotatable bonds is 6. The molecule has 0 aliphatic carbocycles. The molecule has 0 fully saturated rings. The summed E-state index contributed by atoms with van der Waals surface area (Å²) in [5.41, 5.74) is 5.82. The molecule has 0 atom stereocenters. The molecule has 3 aromatic carbocycles. The van der Waals surface area contributed by atoms with Gasteiger partial charge in [0.15, 0.2) is 5.82 Å². The first kappa shape index (κ1) is 24.3. The van der Waals surface area contributed by atoms with Gasteiger partial charge in [0.05, 0.1) is 36.1 Å². The molecule has 186 valence electrons. The van der Waals surface area contributed by atoms with E-state index in [9.17, 15) is 4.79 Å². The van der Waals surface area contributed by atoms with E-state index in [1.807, 2.05) is 66.1 Å². The second-order valence-corrected chi connectivity index (χ2v) is 9.06. The van der Waals surface area contributed by atoms with Crippen LogP contribution in [0.15, 0.2) is 72.8 Å². The Hall–Kier alpha value is -4.43. The number of nitrogens with one attached hydrogen (secondary N) is 2. The standard InChI is InChI=1S/C28H25ClN6O2/c1-17-7-6-10-25-27(17)35(28(30)34(25)16-19-8-4-5-9-22(19)29)26-14-13-24(32-33-26)21-15-20(37-3)11-12-23(21)31-18(2)36/h4-15,30H,16H2,1-3H3,(H,31,36). The van der Waals surface area contributed by atoms with Crippen molar-refractivity contribution in [3.63, 3.8) is 0 Å². The molecule has 1 amide bonds. The van der Waals surface area contributed by atoms with Crippen molar-refractivity contribution in [2.45, 2.75) is 20.4 Å². The topological polar surface area (TPSA) is 97.8 Å². The van der Waals surface area contributed by atoms with E-state index >= 15 is 0 Å². The number of halogens is 1. The van der Waals surface area contributed by atoms with Gasteiger partial charge in [0.2, 0.25) is 11.5 Å². The van der Waals surface area contributed by atoms with E-state index in [1.165, 1.54) is 6.92 Å². The lowest BCUT2D eigenvalue weighted by Gasteiger charge is -2.12. The predicted molar refractivity (Wildman–Crippen MR) is 144 cm³/mol. The van der Waals surface area contributed by atoms with Crippen molar-refractivity contribution in [2.24, 2.45) is 0 Å². The van der Waals surface area contributed by atoms with Crippen molar-refractivity contribution in [3.8, 4) is 22.8 Å². The molecule has 8 nitrogen and oxygen atoms in total. The molecule has 0 spiro atoms. The van der Waals surface area contributed by atoms with Gasteiger partial charge in [-0.2, -0.15) is 0 Å². The molecule has 0 aliphatic rings. The Labute approximate surface area is 218 Å². The zero-order chi connectivity index (χ0) is 26.1.